The van der Waals surface area contributed by atoms with Gasteiger partial charge >= 0.3 is 0 Å². The summed E-state index contributed by atoms with van der Waals surface area (Å²) in [4.78, 5) is 20.7. The number of morpholine rings is 1. The topological polar surface area (TPSA) is 57.7 Å². The van der Waals surface area contributed by atoms with Crippen molar-refractivity contribution >= 4 is 5.91 Å². The summed E-state index contributed by atoms with van der Waals surface area (Å²) in [6.07, 6.45) is 2.39. The summed E-state index contributed by atoms with van der Waals surface area (Å²) in [6, 6.07) is 6.13. The summed E-state index contributed by atoms with van der Waals surface area (Å²) >= 11 is 0. The van der Waals surface area contributed by atoms with Gasteiger partial charge in [-0.1, -0.05) is 6.07 Å². The van der Waals surface area contributed by atoms with E-state index in [2.05, 4.69) is 15.2 Å². The van der Waals surface area contributed by atoms with Gasteiger partial charge in [0.15, 0.2) is 0 Å². The Kier molecular flexibility index (Phi) is 5.37. The zero-order valence-electron chi connectivity index (χ0n) is 12.9. The molecule has 1 atom stereocenters. The van der Waals surface area contributed by atoms with Crippen LogP contribution in [0.25, 0.3) is 0 Å². The molecule has 6 nitrogen and oxygen atoms in total. The van der Waals surface area contributed by atoms with Crippen molar-refractivity contribution in [2.75, 3.05) is 45.9 Å². The van der Waals surface area contributed by atoms with E-state index in [1.807, 2.05) is 23.1 Å². The number of nitrogens with zero attached hydrogens (tertiary/aromatic N) is 3. The van der Waals surface area contributed by atoms with Crippen LogP contribution in [0.5, 0.6) is 0 Å². The van der Waals surface area contributed by atoms with Gasteiger partial charge in [0.05, 0.1) is 18.9 Å². The molecule has 6 heteroatoms. The molecule has 22 heavy (non-hydrogen) atoms. The molecule has 2 aliphatic rings. The van der Waals surface area contributed by atoms with Crippen molar-refractivity contribution in [2.45, 2.75) is 19.0 Å². The number of ether oxygens (including phenoxy) is 1. The van der Waals surface area contributed by atoms with Gasteiger partial charge in [0.2, 0.25) is 5.91 Å². The van der Waals surface area contributed by atoms with Crippen LogP contribution in [-0.4, -0.2) is 72.7 Å². The first-order valence-corrected chi connectivity index (χ1v) is 8.02. The maximum atomic E-state index is 12.1. The monoisotopic (exact) mass is 304 g/mol. The van der Waals surface area contributed by atoms with Gasteiger partial charge in [-0.3, -0.25) is 14.7 Å². The quantitative estimate of drug-likeness (QED) is 0.808. The van der Waals surface area contributed by atoms with Crippen molar-refractivity contribution in [2.24, 2.45) is 0 Å². The number of aromatic nitrogens is 1. The molecule has 0 saturated carbocycles. The predicted octanol–water partition coefficient (Wildman–Crippen LogP) is 0.104. The first kappa shape index (κ1) is 15.4. The zero-order valence-corrected chi connectivity index (χ0v) is 12.9. The molecular formula is C16H24N4O2. The number of hydrogen-bond acceptors (Lipinski definition) is 5. The highest BCUT2D eigenvalue weighted by atomic mass is 16.5. The number of pyridine rings is 1. The van der Waals surface area contributed by atoms with Gasteiger partial charge in [0, 0.05) is 57.9 Å². The molecule has 0 spiro atoms. The minimum atomic E-state index is 0.235. The van der Waals surface area contributed by atoms with Crippen LogP contribution in [0, 0.1) is 0 Å². The molecule has 1 aromatic rings. The Balaban J connectivity index is 1.40. The lowest BCUT2D eigenvalue weighted by atomic mass is 10.2. The molecule has 1 aromatic heterocycles. The van der Waals surface area contributed by atoms with Gasteiger partial charge in [0.25, 0.3) is 0 Å². The molecule has 1 N–H and O–H groups in total. The molecule has 2 aliphatic heterocycles. The molecule has 0 aliphatic carbocycles. The largest absolute Gasteiger partial charge is 0.379 e. The fourth-order valence-electron chi connectivity index (χ4n) is 2.96. The predicted molar refractivity (Wildman–Crippen MR) is 83.3 cm³/mol. The first-order valence-electron chi connectivity index (χ1n) is 8.02. The third kappa shape index (κ3) is 4.25. The Hall–Kier alpha value is -1.50. The molecule has 2 fully saturated rings. The lowest BCUT2D eigenvalue weighted by Gasteiger charge is -2.28. The molecule has 0 radical (unpaired) electrons. The van der Waals surface area contributed by atoms with Crippen LogP contribution in [0.4, 0.5) is 0 Å². The normalized spacial score (nSPS) is 23.2. The summed E-state index contributed by atoms with van der Waals surface area (Å²) in [7, 11) is 0. The molecular weight excluding hydrogens is 280 g/mol. The maximum absolute atomic E-state index is 12.1. The van der Waals surface area contributed by atoms with Gasteiger partial charge in [-0.25, -0.2) is 0 Å². The lowest BCUT2D eigenvalue weighted by Crippen LogP contribution is -2.42. The molecule has 2 saturated heterocycles. The van der Waals surface area contributed by atoms with E-state index < -0.39 is 0 Å². The molecule has 3 rings (SSSR count). The third-order valence-corrected chi connectivity index (χ3v) is 4.30. The fourth-order valence-corrected chi connectivity index (χ4v) is 2.96. The van der Waals surface area contributed by atoms with E-state index in [-0.39, 0.29) is 11.9 Å². The number of likely N-dealkylation sites (tertiary alicyclic amines) is 1. The Bertz CT molecular complexity index is 476. The summed E-state index contributed by atoms with van der Waals surface area (Å²) in [5, 5.41) is 3.44. The van der Waals surface area contributed by atoms with Crippen LogP contribution < -0.4 is 5.32 Å². The van der Waals surface area contributed by atoms with Crippen LogP contribution in [0.15, 0.2) is 24.4 Å². The second kappa shape index (κ2) is 7.67. The van der Waals surface area contributed by atoms with Crippen LogP contribution >= 0.6 is 0 Å². The average Bonchev–Trinajstić information content (AvgIpc) is 2.93. The number of amides is 1. The van der Waals surface area contributed by atoms with E-state index >= 15 is 0 Å². The summed E-state index contributed by atoms with van der Waals surface area (Å²) in [6.45, 7) is 6.85. The van der Waals surface area contributed by atoms with Crippen molar-refractivity contribution in [3.05, 3.63) is 30.1 Å². The van der Waals surface area contributed by atoms with Gasteiger partial charge in [-0.2, -0.15) is 0 Å². The summed E-state index contributed by atoms with van der Waals surface area (Å²) in [5.74, 6) is 0.256. The minimum absolute atomic E-state index is 0.235. The Morgan fingerprint density at radius 2 is 2.14 bits per heavy atom. The van der Waals surface area contributed by atoms with Crippen LogP contribution in [0.1, 0.15) is 12.1 Å². The van der Waals surface area contributed by atoms with E-state index in [0.717, 1.165) is 58.2 Å². The summed E-state index contributed by atoms with van der Waals surface area (Å²) < 4.78 is 5.35. The lowest BCUT2D eigenvalue weighted by molar-refractivity contribution is -0.128. The average molecular weight is 304 g/mol. The number of carbonyl (C=O) groups is 1. The van der Waals surface area contributed by atoms with E-state index in [9.17, 15) is 4.79 Å². The fraction of sp³-hybridized carbons (Fsp3) is 0.625. The van der Waals surface area contributed by atoms with E-state index in [4.69, 9.17) is 4.74 Å². The van der Waals surface area contributed by atoms with Crippen molar-refractivity contribution < 1.29 is 9.53 Å². The van der Waals surface area contributed by atoms with E-state index in [1.54, 1.807) is 6.20 Å². The van der Waals surface area contributed by atoms with Gasteiger partial charge in [0.1, 0.15) is 0 Å². The van der Waals surface area contributed by atoms with Gasteiger partial charge in [-0.15, -0.1) is 0 Å². The minimum Gasteiger partial charge on any atom is -0.379 e. The van der Waals surface area contributed by atoms with Gasteiger partial charge in [-0.05, 0) is 12.1 Å². The maximum Gasteiger partial charge on any atom is 0.224 e. The second-order valence-corrected chi connectivity index (χ2v) is 5.90. The van der Waals surface area contributed by atoms with Crippen molar-refractivity contribution in [3.8, 4) is 0 Å². The third-order valence-electron chi connectivity index (χ3n) is 4.30. The Morgan fingerprint density at radius 3 is 2.91 bits per heavy atom. The molecule has 1 amide bonds. The molecule has 0 bridgehead atoms. The van der Waals surface area contributed by atoms with Crippen LogP contribution in [-0.2, 0) is 16.1 Å². The second-order valence-electron chi connectivity index (χ2n) is 5.90. The van der Waals surface area contributed by atoms with Crippen molar-refractivity contribution in [1.29, 1.82) is 0 Å². The van der Waals surface area contributed by atoms with Crippen LogP contribution in [0.3, 0.4) is 0 Å². The van der Waals surface area contributed by atoms with Gasteiger partial charge < -0.3 is 15.0 Å². The van der Waals surface area contributed by atoms with Crippen molar-refractivity contribution in [1.82, 2.24) is 20.1 Å². The first-order chi connectivity index (χ1) is 10.8. The number of rotatable bonds is 6. The number of carbonyl (C=O) groups excluding carboxylic acids is 1. The number of nitrogens with one attached hydrogen (secondary N) is 1. The Morgan fingerprint density at radius 1 is 1.27 bits per heavy atom. The smallest absolute Gasteiger partial charge is 0.224 e. The van der Waals surface area contributed by atoms with Crippen molar-refractivity contribution in [3.63, 3.8) is 0 Å². The highest BCUT2D eigenvalue weighted by molar-refractivity contribution is 5.79. The summed E-state index contributed by atoms with van der Waals surface area (Å²) in [5.41, 5.74) is 1.02. The highest BCUT2D eigenvalue weighted by Crippen LogP contribution is 2.12. The zero-order chi connectivity index (χ0) is 15.2. The SMILES string of the molecule is O=C1CC(NCc2ccccn2)CN1CCN1CCOCC1. The van der Waals surface area contributed by atoms with E-state index in [0.29, 0.717) is 6.42 Å². The Labute approximate surface area is 131 Å². The van der Waals surface area contributed by atoms with Crippen LogP contribution in [0.2, 0.25) is 0 Å². The molecule has 120 valence electrons. The molecule has 3 heterocycles. The van der Waals surface area contributed by atoms with E-state index in [1.165, 1.54) is 0 Å². The standard InChI is InChI=1S/C16H24N4O2/c21-16-11-15(18-12-14-3-1-2-4-17-14)13-20(16)6-5-19-7-9-22-10-8-19/h1-4,15,18H,5-13H2. The number of hydrogen-bond donors (Lipinski definition) is 1. The molecule has 0 aromatic carbocycles. The highest BCUT2D eigenvalue weighted by Gasteiger charge is 2.29. The molecule has 1 unspecified atom stereocenters.